The van der Waals surface area contributed by atoms with Crippen molar-refractivity contribution < 1.29 is 19.8 Å². The lowest BCUT2D eigenvalue weighted by atomic mass is 10.2. The standard InChI is InChI=1S/C12H11BN2O4/c16-11-8-4-7-10(12(11)19-13(17)18)15-14-9-5-2-1-3-6-9/h1-8,16-18H/b15-14+. The van der Waals surface area contributed by atoms with Gasteiger partial charge in [0.15, 0.2) is 11.5 Å². The molecule has 0 heterocycles. The number of nitrogens with zero attached hydrogens (tertiary/aromatic N) is 2. The highest BCUT2D eigenvalue weighted by Gasteiger charge is 2.17. The summed E-state index contributed by atoms with van der Waals surface area (Å²) in [6.07, 6.45) is 0. The number of aromatic hydroxyl groups is 1. The largest absolute Gasteiger partial charge is 0.707 e. The molecule has 0 aromatic heterocycles. The van der Waals surface area contributed by atoms with Crippen molar-refractivity contribution in [2.24, 2.45) is 10.2 Å². The second-order valence-electron chi connectivity index (χ2n) is 3.61. The van der Waals surface area contributed by atoms with Gasteiger partial charge in [-0.25, -0.2) is 0 Å². The van der Waals surface area contributed by atoms with E-state index in [0.717, 1.165) is 0 Å². The molecule has 19 heavy (non-hydrogen) atoms. The number of phenolic OH excluding ortho intramolecular Hbond substituents is 1. The number of hydrogen-bond acceptors (Lipinski definition) is 6. The van der Waals surface area contributed by atoms with Crippen LogP contribution in [-0.2, 0) is 0 Å². The summed E-state index contributed by atoms with van der Waals surface area (Å²) in [6, 6.07) is 13.4. The van der Waals surface area contributed by atoms with Crippen LogP contribution in [0.2, 0.25) is 0 Å². The molecule has 2 aromatic rings. The van der Waals surface area contributed by atoms with Crippen LogP contribution in [0.3, 0.4) is 0 Å². The minimum absolute atomic E-state index is 0.141. The van der Waals surface area contributed by atoms with Crippen molar-refractivity contribution in [3.63, 3.8) is 0 Å². The summed E-state index contributed by atoms with van der Waals surface area (Å²) in [5.74, 6) is -0.394. The van der Waals surface area contributed by atoms with Crippen molar-refractivity contribution in [3.05, 3.63) is 48.5 Å². The van der Waals surface area contributed by atoms with Crippen LogP contribution in [0.25, 0.3) is 0 Å². The molecule has 0 saturated carbocycles. The smallest absolute Gasteiger partial charge is 0.507 e. The van der Waals surface area contributed by atoms with E-state index in [1.165, 1.54) is 12.1 Å². The molecule has 7 heteroatoms. The molecule has 96 valence electrons. The zero-order chi connectivity index (χ0) is 13.7. The van der Waals surface area contributed by atoms with Crippen molar-refractivity contribution >= 4 is 18.7 Å². The van der Waals surface area contributed by atoms with Gasteiger partial charge in [0.05, 0.1) is 5.69 Å². The van der Waals surface area contributed by atoms with Crippen molar-refractivity contribution in [3.8, 4) is 11.5 Å². The van der Waals surface area contributed by atoms with E-state index in [9.17, 15) is 5.11 Å². The van der Waals surface area contributed by atoms with Gasteiger partial charge in [0, 0.05) is 0 Å². The third kappa shape index (κ3) is 3.54. The van der Waals surface area contributed by atoms with E-state index in [0.29, 0.717) is 5.69 Å². The molecule has 0 radical (unpaired) electrons. The summed E-state index contributed by atoms with van der Waals surface area (Å²) in [5, 5.41) is 35.0. The number of benzene rings is 2. The van der Waals surface area contributed by atoms with Crippen LogP contribution in [0.1, 0.15) is 0 Å². The number of azo groups is 1. The molecule has 0 fully saturated rings. The van der Waals surface area contributed by atoms with Gasteiger partial charge in [-0.15, -0.1) is 5.11 Å². The van der Waals surface area contributed by atoms with Crippen molar-refractivity contribution in [2.45, 2.75) is 0 Å². The highest BCUT2D eigenvalue weighted by atomic mass is 16.6. The first kappa shape index (κ1) is 13.1. The van der Waals surface area contributed by atoms with E-state index in [4.69, 9.17) is 10.0 Å². The first-order valence-corrected chi connectivity index (χ1v) is 5.48. The first-order chi connectivity index (χ1) is 9.16. The Morgan fingerprint density at radius 1 is 0.895 bits per heavy atom. The topological polar surface area (TPSA) is 94.6 Å². The molecule has 3 N–H and O–H groups in total. The van der Waals surface area contributed by atoms with Crippen LogP contribution >= 0.6 is 0 Å². The Morgan fingerprint density at radius 2 is 1.63 bits per heavy atom. The number of para-hydroxylation sites is 1. The molecule has 0 aliphatic carbocycles. The molecule has 0 atom stereocenters. The highest BCUT2D eigenvalue weighted by molar-refractivity contribution is 6.34. The second-order valence-corrected chi connectivity index (χ2v) is 3.61. The molecule has 0 amide bonds. The third-order valence-electron chi connectivity index (χ3n) is 2.23. The fourth-order valence-electron chi connectivity index (χ4n) is 1.42. The summed E-state index contributed by atoms with van der Waals surface area (Å²) in [6.45, 7) is 0. The van der Waals surface area contributed by atoms with E-state index in [1.807, 2.05) is 18.2 Å². The van der Waals surface area contributed by atoms with Gasteiger partial charge in [-0.3, -0.25) is 0 Å². The molecular formula is C12H11BN2O4. The number of phenols is 1. The van der Waals surface area contributed by atoms with Crippen molar-refractivity contribution in [1.29, 1.82) is 0 Å². The van der Waals surface area contributed by atoms with Gasteiger partial charge in [-0.1, -0.05) is 24.3 Å². The molecule has 2 aromatic carbocycles. The van der Waals surface area contributed by atoms with Crippen LogP contribution in [0.15, 0.2) is 58.8 Å². The minimum atomic E-state index is -2.04. The van der Waals surface area contributed by atoms with Gasteiger partial charge in [-0.05, 0) is 24.3 Å². The Morgan fingerprint density at radius 3 is 2.32 bits per heavy atom. The monoisotopic (exact) mass is 258 g/mol. The highest BCUT2D eigenvalue weighted by Crippen LogP contribution is 2.37. The SMILES string of the molecule is OB(O)Oc1c(O)cccc1/N=N/c1ccccc1. The van der Waals surface area contributed by atoms with Crippen molar-refractivity contribution in [1.82, 2.24) is 0 Å². The van der Waals surface area contributed by atoms with Crippen LogP contribution < -0.4 is 4.65 Å². The van der Waals surface area contributed by atoms with E-state index in [-0.39, 0.29) is 17.2 Å². The number of rotatable bonds is 4. The molecule has 0 aliphatic heterocycles. The molecule has 0 aliphatic rings. The van der Waals surface area contributed by atoms with Gasteiger partial charge in [0.25, 0.3) is 0 Å². The van der Waals surface area contributed by atoms with E-state index in [2.05, 4.69) is 14.9 Å². The summed E-state index contributed by atoms with van der Waals surface area (Å²) in [7, 11) is -2.04. The molecule has 0 bridgehead atoms. The first-order valence-electron chi connectivity index (χ1n) is 5.48. The lowest BCUT2D eigenvalue weighted by molar-refractivity contribution is 0.281. The van der Waals surface area contributed by atoms with E-state index < -0.39 is 7.32 Å². The lowest BCUT2D eigenvalue weighted by Crippen LogP contribution is -2.20. The van der Waals surface area contributed by atoms with Crippen molar-refractivity contribution in [2.75, 3.05) is 0 Å². The molecule has 2 rings (SSSR count). The predicted octanol–water partition coefficient (Wildman–Crippen LogP) is 2.16. The lowest BCUT2D eigenvalue weighted by Gasteiger charge is -2.08. The second kappa shape index (κ2) is 5.99. The summed E-state index contributed by atoms with van der Waals surface area (Å²) >= 11 is 0. The Balaban J connectivity index is 2.29. The van der Waals surface area contributed by atoms with Crippen LogP contribution in [0.5, 0.6) is 11.5 Å². The summed E-state index contributed by atoms with van der Waals surface area (Å²) < 4.78 is 4.67. The fraction of sp³-hybridized carbons (Fsp3) is 0. The zero-order valence-corrected chi connectivity index (χ0v) is 9.84. The molecular weight excluding hydrogens is 247 g/mol. The van der Waals surface area contributed by atoms with Crippen LogP contribution in [-0.4, -0.2) is 22.5 Å². The zero-order valence-electron chi connectivity index (χ0n) is 9.84. The maximum absolute atomic E-state index is 9.59. The predicted molar refractivity (Wildman–Crippen MR) is 69.5 cm³/mol. The van der Waals surface area contributed by atoms with Gasteiger partial charge >= 0.3 is 7.32 Å². The van der Waals surface area contributed by atoms with E-state index in [1.54, 1.807) is 18.2 Å². The van der Waals surface area contributed by atoms with Gasteiger partial charge in [0.1, 0.15) is 5.69 Å². The third-order valence-corrected chi connectivity index (χ3v) is 2.23. The van der Waals surface area contributed by atoms with Gasteiger partial charge in [-0.2, -0.15) is 5.11 Å². The average Bonchev–Trinajstić information content (AvgIpc) is 2.40. The Bertz CT molecular complexity index is 575. The molecule has 6 nitrogen and oxygen atoms in total. The Labute approximate surface area is 109 Å². The maximum Gasteiger partial charge on any atom is 0.707 e. The Kier molecular flexibility index (Phi) is 4.12. The Hall–Kier alpha value is -2.38. The summed E-state index contributed by atoms with van der Waals surface area (Å²) in [4.78, 5) is 0. The number of hydrogen-bond donors (Lipinski definition) is 3. The quantitative estimate of drug-likeness (QED) is 0.578. The summed E-state index contributed by atoms with van der Waals surface area (Å²) in [5.41, 5.74) is 0.818. The normalized spacial score (nSPS) is 10.6. The van der Waals surface area contributed by atoms with Gasteiger partial charge < -0.3 is 19.8 Å². The van der Waals surface area contributed by atoms with Gasteiger partial charge in [0.2, 0.25) is 0 Å². The van der Waals surface area contributed by atoms with E-state index >= 15 is 0 Å². The average molecular weight is 258 g/mol. The maximum atomic E-state index is 9.59. The minimum Gasteiger partial charge on any atom is -0.507 e. The fourth-order valence-corrected chi connectivity index (χ4v) is 1.42. The molecule has 0 saturated heterocycles. The van der Waals surface area contributed by atoms with Crippen LogP contribution in [0.4, 0.5) is 11.4 Å². The molecule has 0 spiro atoms. The van der Waals surface area contributed by atoms with Crippen LogP contribution in [0, 0.1) is 0 Å². The molecule has 0 unspecified atom stereocenters.